The van der Waals surface area contributed by atoms with Crippen molar-refractivity contribution < 1.29 is 9.50 Å². The molecule has 1 N–H and O–H groups in total. The number of hydrogen-bond acceptors (Lipinski definition) is 1. The fraction of sp³-hybridized carbons (Fsp3) is 0.250. The van der Waals surface area contributed by atoms with Crippen LogP contribution in [0.15, 0.2) is 45.3 Å². The predicted octanol–water partition coefficient (Wildman–Crippen LogP) is 4.73. The highest BCUT2D eigenvalue weighted by Gasteiger charge is 2.36. The molecule has 1 unspecified atom stereocenters. The van der Waals surface area contributed by atoms with Crippen molar-refractivity contribution in [1.82, 2.24) is 0 Å². The highest BCUT2D eigenvalue weighted by molar-refractivity contribution is 9.10. The summed E-state index contributed by atoms with van der Waals surface area (Å²) in [6, 6.07) is 11.1. The number of halogens is 3. The summed E-state index contributed by atoms with van der Waals surface area (Å²) in [4.78, 5) is 0. The second-order valence-corrected chi connectivity index (χ2v) is 6.99. The van der Waals surface area contributed by atoms with Crippen LogP contribution in [0.3, 0.4) is 0 Å². The Labute approximate surface area is 134 Å². The van der Waals surface area contributed by atoms with Crippen molar-refractivity contribution in [3.8, 4) is 0 Å². The van der Waals surface area contributed by atoms with E-state index in [9.17, 15) is 9.50 Å². The minimum absolute atomic E-state index is 0.365. The normalized spacial score (nSPS) is 21.6. The Bertz CT molecular complexity index is 672. The van der Waals surface area contributed by atoms with Crippen LogP contribution in [-0.2, 0) is 18.4 Å². The maximum atomic E-state index is 14.3. The Morgan fingerprint density at radius 1 is 1.10 bits per heavy atom. The van der Waals surface area contributed by atoms with Gasteiger partial charge in [-0.15, -0.1) is 0 Å². The van der Waals surface area contributed by atoms with Crippen LogP contribution in [0, 0.1) is 5.82 Å². The van der Waals surface area contributed by atoms with Crippen molar-refractivity contribution in [3.05, 3.63) is 67.9 Å². The van der Waals surface area contributed by atoms with Gasteiger partial charge >= 0.3 is 0 Å². The minimum Gasteiger partial charge on any atom is -0.385 e. The van der Waals surface area contributed by atoms with Gasteiger partial charge in [0, 0.05) is 16.5 Å². The van der Waals surface area contributed by atoms with Crippen molar-refractivity contribution in [2.45, 2.75) is 24.9 Å². The summed E-state index contributed by atoms with van der Waals surface area (Å²) in [5.41, 5.74) is 1.55. The molecule has 1 aliphatic rings. The van der Waals surface area contributed by atoms with Gasteiger partial charge in [0.25, 0.3) is 0 Å². The molecule has 0 heterocycles. The topological polar surface area (TPSA) is 20.2 Å². The van der Waals surface area contributed by atoms with Crippen LogP contribution >= 0.6 is 31.9 Å². The summed E-state index contributed by atoms with van der Waals surface area (Å²) in [5.74, 6) is -0.365. The minimum atomic E-state index is -1.13. The van der Waals surface area contributed by atoms with Crippen molar-refractivity contribution in [2.24, 2.45) is 0 Å². The first-order chi connectivity index (χ1) is 9.49. The van der Waals surface area contributed by atoms with Gasteiger partial charge in [-0.25, -0.2) is 4.39 Å². The van der Waals surface area contributed by atoms with Gasteiger partial charge in [0.05, 0.1) is 10.1 Å². The van der Waals surface area contributed by atoms with E-state index in [0.717, 1.165) is 16.5 Å². The van der Waals surface area contributed by atoms with E-state index < -0.39 is 5.60 Å². The van der Waals surface area contributed by atoms with Crippen LogP contribution in [0.25, 0.3) is 0 Å². The third-order valence-electron chi connectivity index (χ3n) is 3.91. The molecule has 1 aliphatic carbocycles. The Balaban J connectivity index is 2.03. The molecule has 0 aliphatic heterocycles. The molecule has 0 spiro atoms. The van der Waals surface area contributed by atoms with Crippen LogP contribution in [0.2, 0.25) is 0 Å². The fourth-order valence-electron chi connectivity index (χ4n) is 2.84. The zero-order valence-electron chi connectivity index (χ0n) is 10.7. The zero-order chi connectivity index (χ0) is 14.3. The highest BCUT2D eigenvalue weighted by Crippen LogP contribution is 2.39. The lowest BCUT2D eigenvalue weighted by atomic mass is 9.76. The first-order valence-electron chi connectivity index (χ1n) is 6.44. The fourth-order valence-corrected chi connectivity index (χ4v) is 3.61. The Kier molecular flexibility index (Phi) is 3.73. The molecule has 0 radical (unpaired) electrons. The molecule has 1 nitrogen and oxygen atoms in total. The average Bonchev–Trinajstić information content (AvgIpc) is 2.42. The summed E-state index contributed by atoms with van der Waals surface area (Å²) in [7, 11) is 0. The van der Waals surface area contributed by atoms with Gasteiger partial charge in [-0.3, -0.25) is 0 Å². The molecule has 0 saturated carbocycles. The molecule has 4 heteroatoms. The Morgan fingerprint density at radius 2 is 1.90 bits per heavy atom. The summed E-state index contributed by atoms with van der Waals surface area (Å²) >= 11 is 6.64. The van der Waals surface area contributed by atoms with Gasteiger partial charge in [0.1, 0.15) is 5.82 Å². The van der Waals surface area contributed by atoms with E-state index in [0.29, 0.717) is 22.9 Å². The quantitative estimate of drug-likeness (QED) is 0.735. The lowest BCUT2D eigenvalue weighted by Crippen LogP contribution is -2.34. The monoisotopic (exact) mass is 398 g/mol. The van der Waals surface area contributed by atoms with Crippen LogP contribution in [-0.4, -0.2) is 5.11 Å². The number of rotatable bonds is 1. The molecule has 0 bridgehead atoms. The van der Waals surface area contributed by atoms with E-state index in [-0.39, 0.29) is 5.82 Å². The largest absolute Gasteiger partial charge is 0.385 e. The third-order valence-corrected chi connectivity index (χ3v) is 5.02. The number of hydrogen-bond donors (Lipinski definition) is 1. The van der Waals surface area contributed by atoms with Gasteiger partial charge in [0.15, 0.2) is 0 Å². The van der Waals surface area contributed by atoms with E-state index in [1.807, 2.05) is 12.1 Å². The number of benzene rings is 2. The second-order valence-electron chi connectivity index (χ2n) is 5.22. The molecule has 1 atom stereocenters. The lowest BCUT2D eigenvalue weighted by molar-refractivity contribution is 0.0187. The van der Waals surface area contributed by atoms with Gasteiger partial charge in [-0.1, -0.05) is 34.1 Å². The molecule has 0 fully saturated rings. The summed E-state index contributed by atoms with van der Waals surface area (Å²) in [6.45, 7) is 0. The summed E-state index contributed by atoms with van der Waals surface area (Å²) in [6.07, 6.45) is 1.73. The lowest BCUT2D eigenvalue weighted by Gasteiger charge is -2.34. The molecule has 104 valence electrons. The van der Waals surface area contributed by atoms with E-state index in [2.05, 4.69) is 37.9 Å². The standard InChI is InChI=1S/C16H13Br2FO/c17-12-5-4-11-9-16(20,7-6-10(11)8-12)13-2-1-3-14(18)15(13)19/h1-5,8,20H,6-7,9H2. The molecule has 3 rings (SSSR count). The SMILES string of the molecule is OC1(c2cccc(Br)c2F)CCc2cc(Br)ccc2C1. The van der Waals surface area contributed by atoms with Crippen molar-refractivity contribution in [2.75, 3.05) is 0 Å². The first-order valence-corrected chi connectivity index (χ1v) is 8.02. The molecule has 2 aromatic carbocycles. The number of fused-ring (bicyclic) bond motifs is 1. The first kappa shape index (κ1) is 14.2. The average molecular weight is 400 g/mol. The van der Waals surface area contributed by atoms with Gasteiger partial charge in [0.2, 0.25) is 0 Å². The molecule has 20 heavy (non-hydrogen) atoms. The van der Waals surface area contributed by atoms with E-state index >= 15 is 0 Å². The molecule has 0 aromatic heterocycles. The molecule has 0 amide bonds. The third kappa shape index (κ3) is 2.45. The number of aliphatic hydroxyl groups is 1. The van der Waals surface area contributed by atoms with Crippen LogP contribution in [0.1, 0.15) is 23.1 Å². The van der Waals surface area contributed by atoms with E-state index in [1.54, 1.807) is 18.2 Å². The molecular formula is C16H13Br2FO. The van der Waals surface area contributed by atoms with E-state index in [1.165, 1.54) is 5.56 Å². The maximum absolute atomic E-state index is 14.3. The smallest absolute Gasteiger partial charge is 0.143 e. The predicted molar refractivity (Wildman–Crippen MR) is 84.2 cm³/mol. The van der Waals surface area contributed by atoms with Crippen LogP contribution in [0.4, 0.5) is 4.39 Å². The molecular weight excluding hydrogens is 387 g/mol. The Morgan fingerprint density at radius 3 is 2.70 bits per heavy atom. The summed E-state index contributed by atoms with van der Waals surface area (Å²) in [5, 5.41) is 10.9. The number of aryl methyl sites for hydroxylation is 1. The maximum Gasteiger partial charge on any atom is 0.143 e. The highest BCUT2D eigenvalue weighted by atomic mass is 79.9. The van der Waals surface area contributed by atoms with Crippen molar-refractivity contribution in [3.63, 3.8) is 0 Å². The van der Waals surface area contributed by atoms with Gasteiger partial charge in [-0.2, -0.15) is 0 Å². The Hall–Kier alpha value is -0.710. The molecule has 0 saturated heterocycles. The van der Waals surface area contributed by atoms with E-state index in [4.69, 9.17) is 0 Å². The van der Waals surface area contributed by atoms with Crippen molar-refractivity contribution in [1.29, 1.82) is 0 Å². The zero-order valence-corrected chi connectivity index (χ0v) is 13.8. The van der Waals surface area contributed by atoms with Crippen LogP contribution in [0.5, 0.6) is 0 Å². The van der Waals surface area contributed by atoms with Gasteiger partial charge < -0.3 is 5.11 Å². The van der Waals surface area contributed by atoms with Crippen molar-refractivity contribution >= 4 is 31.9 Å². The molecule has 2 aromatic rings. The summed E-state index contributed by atoms with van der Waals surface area (Å²) < 4.78 is 15.7. The second kappa shape index (κ2) is 5.24. The van der Waals surface area contributed by atoms with Crippen LogP contribution < -0.4 is 0 Å². The van der Waals surface area contributed by atoms with Gasteiger partial charge in [-0.05, 0) is 58.1 Å².